The van der Waals surface area contributed by atoms with Crippen LogP contribution >= 0.6 is 11.6 Å². The van der Waals surface area contributed by atoms with E-state index < -0.39 is 23.9 Å². The van der Waals surface area contributed by atoms with Gasteiger partial charge in [0.25, 0.3) is 5.91 Å². The zero-order valence-electron chi connectivity index (χ0n) is 27.7. The normalized spacial score (nSPS) is 16.1. The molecule has 3 unspecified atom stereocenters. The summed E-state index contributed by atoms with van der Waals surface area (Å²) in [4.78, 5) is 39.8. The number of halogens is 1. The van der Waals surface area contributed by atoms with Crippen LogP contribution in [0.5, 0.6) is 5.75 Å². The van der Waals surface area contributed by atoms with Crippen molar-refractivity contribution in [2.24, 2.45) is 5.92 Å². The van der Waals surface area contributed by atoms with Gasteiger partial charge in [-0.1, -0.05) is 23.7 Å². The fourth-order valence-electron chi connectivity index (χ4n) is 5.16. The van der Waals surface area contributed by atoms with Crippen LogP contribution in [0.25, 0.3) is 0 Å². The van der Waals surface area contributed by atoms with Crippen LogP contribution in [-0.2, 0) is 18.9 Å². The Labute approximate surface area is 277 Å². The van der Waals surface area contributed by atoms with Crippen molar-refractivity contribution in [3.8, 4) is 5.75 Å². The van der Waals surface area contributed by atoms with E-state index in [1.54, 1.807) is 36.2 Å². The van der Waals surface area contributed by atoms with E-state index in [1.807, 2.05) is 45.9 Å². The predicted octanol–water partition coefficient (Wildman–Crippen LogP) is 5.98. The fraction of sp³-hybridized carbons (Fsp3) is 0.559. The van der Waals surface area contributed by atoms with Gasteiger partial charge in [-0.05, 0) is 94.3 Å². The van der Waals surface area contributed by atoms with Gasteiger partial charge in [0.1, 0.15) is 17.5 Å². The zero-order chi connectivity index (χ0) is 33.7. The summed E-state index contributed by atoms with van der Waals surface area (Å²) in [6, 6.07) is 12.2. The van der Waals surface area contributed by atoms with E-state index in [0.717, 1.165) is 25.0 Å². The number of amides is 3. The van der Waals surface area contributed by atoms with Crippen LogP contribution in [-0.4, -0.2) is 88.3 Å². The van der Waals surface area contributed by atoms with Gasteiger partial charge in [-0.3, -0.25) is 4.79 Å². The summed E-state index contributed by atoms with van der Waals surface area (Å²) in [5.74, 6) is 0.426. The first-order valence-electron chi connectivity index (χ1n) is 15.7. The van der Waals surface area contributed by atoms with Gasteiger partial charge in [-0.25, -0.2) is 9.59 Å². The van der Waals surface area contributed by atoms with E-state index in [4.69, 9.17) is 30.5 Å². The molecule has 2 aromatic carbocycles. The Morgan fingerprint density at radius 2 is 1.89 bits per heavy atom. The lowest BCUT2D eigenvalue weighted by molar-refractivity contribution is 0.0112. The lowest BCUT2D eigenvalue weighted by Crippen LogP contribution is -2.48. The molecule has 1 aliphatic rings. The van der Waals surface area contributed by atoms with Crippen LogP contribution in [0, 0.1) is 5.92 Å². The first kappa shape index (κ1) is 36.9. The van der Waals surface area contributed by atoms with Crippen LogP contribution in [0.2, 0.25) is 5.02 Å². The molecule has 0 bridgehead atoms. The minimum atomic E-state index is -0.653. The summed E-state index contributed by atoms with van der Waals surface area (Å²) in [6.07, 6.45) is 0.972. The van der Waals surface area contributed by atoms with E-state index >= 15 is 0 Å². The number of hydrogen-bond acceptors (Lipinski definition) is 8. The second-order valence-corrected chi connectivity index (χ2v) is 12.7. The van der Waals surface area contributed by atoms with Crippen molar-refractivity contribution < 1.29 is 38.1 Å². The lowest BCUT2D eigenvalue weighted by Gasteiger charge is -2.34. The van der Waals surface area contributed by atoms with Crippen molar-refractivity contribution >= 4 is 29.7 Å². The third-order valence-corrected chi connectivity index (χ3v) is 7.62. The van der Waals surface area contributed by atoms with Crippen LogP contribution in [0.1, 0.15) is 74.5 Å². The first-order valence-corrected chi connectivity index (χ1v) is 16.1. The fourth-order valence-corrected chi connectivity index (χ4v) is 5.36. The van der Waals surface area contributed by atoms with Crippen molar-refractivity contribution in [2.45, 2.75) is 64.7 Å². The molecule has 0 aliphatic carbocycles. The van der Waals surface area contributed by atoms with Crippen molar-refractivity contribution in [3.05, 3.63) is 64.2 Å². The summed E-state index contributed by atoms with van der Waals surface area (Å²) in [5.41, 5.74) is 1.14. The highest BCUT2D eigenvalue weighted by molar-refractivity contribution is 6.30. The van der Waals surface area contributed by atoms with E-state index in [1.165, 1.54) is 7.11 Å². The number of alkyl carbamates (subject to hydrolysis) is 1. The maximum absolute atomic E-state index is 13.7. The number of ether oxygens (including phenoxy) is 5. The zero-order valence-corrected chi connectivity index (χ0v) is 28.5. The topological polar surface area (TPSA) is 125 Å². The smallest absolute Gasteiger partial charge is 0.410 e. The minimum Gasteiger partial charge on any atom is -0.494 e. The molecule has 0 spiro atoms. The number of likely N-dealkylation sites (N-methyl/N-ethyl adjacent to an activating group) is 1. The molecule has 0 aromatic heterocycles. The standard InChI is InChI=1S/C34H48ClN3O8/c1-7-44-29-19-25(30(24-11-8-12-27(35)18-24)45-15-13-36-32(40)42-6)17-26(20-29)31(39)37-21-28(16-23-10-9-14-43-22-23)38(5)33(41)46-34(2,3)4/h8,11-12,17-20,23,28,30H,7,9-10,13-16,21-22H2,1-6H3,(H,36,40)(H,37,39). The quantitative estimate of drug-likeness (QED) is 0.237. The highest BCUT2D eigenvalue weighted by atomic mass is 35.5. The number of methoxy groups -OCH3 is 1. The number of hydrogen-bond donors (Lipinski definition) is 2. The number of rotatable bonds is 14. The Kier molecular flexibility index (Phi) is 14.4. The maximum atomic E-state index is 13.7. The van der Waals surface area contributed by atoms with Gasteiger partial charge in [-0.15, -0.1) is 0 Å². The van der Waals surface area contributed by atoms with Gasteiger partial charge in [0.2, 0.25) is 0 Å². The molecule has 46 heavy (non-hydrogen) atoms. The number of nitrogens with zero attached hydrogens (tertiary/aromatic N) is 1. The molecule has 2 N–H and O–H groups in total. The molecule has 2 aromatic rings. The molecule has 0 radical (unpaired) electrons. The van der Waals surface area contributed by atoms with E-state index in [9.17, 15) is 14.4 Å². The molecule has 3 rings (SSSR count). The highest BCUT2D eigenvalue weighted by Gasteiger charge is 2.29. The van der Waals surface area contributed by atoms with E-state index in [0.29, 0.717) is 41.5 Å². The molecule has 1 heterocycles. The monoisotopic (exact) mass is 661 g/mol. The molecule has 11 nitrogen and oxygen atoms in total. The van der Waals surface area contributed by atoms with Crippen LogP contribution < -0.4 is 15.4 Å². The molecule has 3 atom stereocenters. The van der Waals surface area contributed by atoms with Gasteiger partial charge in [0.05, 0.1) is 26.4 Å². The number of benzene rings is 2. The predicted molar refractivity (Wildman–Crippen MR) is 176 cm³/mol. The molecule has 1 saturated heterocycles. The molecular formula is C34H48ClN3O8. The number of carbonyl (C=O) groups excluding carboxylic acids is 3. The highest BCUT2D eigenvalue weighted by Crippen LogP contribution is 2.31. The van der Waals surface area contributed by atoms with E-state index in [-0.39, 0.29) is 37.6 Å². The van der Waals surface area contributed by atoms with Crippen molar-refractivity contribution in [1.82, 2.24) is 15.5 Å². The van der Waals surface area contributed by atoms with Crippen LogP contribution in [0.3, 0.4) is 0 Å². The molecule has 12 heteroatoms. The average molecular weight is 662 g/mol. The van der Waals surface area contributed by atoms with Gasteiger partial charge < -0.3 is 39.2 Å². The summed E-state index contributed by atoms with van der Waals surface area (Å²) >= 11 is 6.32. The molecule has 1 fully saturated rings. The Hall–Kier alpha value is -3.54. The molecule has 1 aliphatic heterocycles. The second-order valence-electron chi connectivity index (χ2n) is 12.2. The number of nitrogens with one attached hydrogen (secondary N) is 2. The van der Waals surface area contributed by atoms with Crippen molar-refractivity contribution in [3.63, 3.8) is 0 Å². The maximum Gasteiger partial charge on any atom is 0.410 e. The summed E-state index contributed by atoms with van der Waals surface area (Å²) < 4.78 is 28.0. The average Bonchev–Trinajstić information content (AvgIpc) is 3.02. The SMILES string of the molecule is CCOc1cc(C(=O)NCC(CC2CCCOC2)N(C)C(=O)OC(C)(C)C)cc(C(OCCNC(=O)OC)c2cccc(Cl)c2)c1. The van der Waals surface area contributed by atoms with Gasteiger partial charge in [-0.2, -0.15) is 0 Å². The molecule has 0 saturated carbocycles. The third-order valence-electron chi connectivity index (χ3n) is 7.38. The Morgan fingerprint density at radius 3 is 2.54 bits per heavy atom. The molecule has 254 valence electrons. The Morgan fingerprint density at radius 1 is 1.11 bits per heavy atom. The largest absolute Gasteiger partial charge is 0.494 e. The Bertz CT molecular complexity index is 1300. The third kappa shape index (κ3) is 12.0. The van der Waals surface area contributed by atoms with Gasteiger partial charge in [0.15, 0.2) is 0 Å². The van der Waals surface area contributed by atoms with Crippen LogP contribution in [0.4, 0.5) is 9.59 Å². The summed E-state index contributed by atoms with van der Waals surface area (Å²) in [6.45, 7) is 9.66. The second kappa shape index (κ2) is 18.0. The van der Waals surface area contributed by atoms with Gasteiger partial charge in [0, 0.05) is 43.9 Å². The molecular weight excluding hydrogens is 614 g/mol. The van der Waals surface area contributed by atoms with Crippen molar-refractivity contribution in [1.29, 1.82) is 0 Å². The minimum absolute atomic E-state index is 0.163. The van der Waals surface area contributed by atoms with E-state index in [2.05, 4.69) is 15.4 Å². The summed E-state index contributed by atoms with van der Waals surface area (Å²) in [5, 5.41) is 6.17. The first-order chi connectivity index (χ1) is 21.9. The molecule has 3 amide bonds. The number of carbonyl (C=O) groups is 3. The van der Waals surface area contributed by atoms with Crippen molar-refractivity contribution in [2.75, 3.05) is 53.7 Å². The van der Waals surface area contributed by atoms with Gasteiger partial charge >= 0.3 is 12.2 Å². The summed E-state index contributed by atoms with van der Waals surface area (Å²) in [7, 11) is 2.99. The lowest BCUT2D eigenvalue weighted by atomic mass is 9.93. The Balaban J connectivity index is 1.86. The van der Waals surface area contributed by atoms with Crippen LogP contribution in [0.15, 0.2) is 42.5 Å².